The Morgan fingerprint density at radius 3 is 2.05 bits per heavy atom. The molecule has 2 heteroatoms. The molecule has 0 radical (unpaired) electrons. The van der Waals surface area contributed by atoms with E-state index in [9.17, 15) is 0 Å². The molecule has 0 fully saturated rings. The van der Waals surface area contributed by atoms with Crippen molar-refractivity contribution in [3.05, 3.63) is 93.4 Å². The smallest absolute Gasteiger partial charge is 0.0406 e. The lowest BCUT2D eigenvalue weighted by molar-refractivity contribution is 1.56. The van der Waals surface area contributed by atoms with Crippen LogP contribution in [0.4, 0.5) is 0 Å². The van der Waals surface area contributed by atoms with E-state index in [2.05, 4.69) is 70.5 Å². The van der Waals surface area contributed by atoms with E-state index in [0.717, 1.165) is 15.1 Å². The zero-order chi connectivity index (χ0) is 15.4. The van der Waals surface area contributed by atoms with Gasteiger partial charge in [-0.1, -0.05) is 94.3 Å². The van der Waals surface area contributed by atoms with Gasteiger partial charge in [-0.25, -0.2) is 0 Å². The molecule has 3 rings (SSSR count). The molecule has 0 N–H and O–H groups in total. The van der Waals surface area contributed by atoms with Gasteiger partial charge in [0, 0.05) is 9.50 Å². The largest absolute Gasteiger partial charge is 0.0843 e. The van der Waals surface area contributed by atoms with Crippen molar-refractivity contribution >= 4 is 39.7 Å². The zero-order valence-corrected chi connectivity index (χ0v) is 14.2. The Labute approximate surface area is 144 Å². The molecule has 0 saturated carbocycles. The van der Waals surface area contributed by atoms with Crippen LogP contribution in [0.1, 0.15) is 11.1 Å². The van der Waals surface area contributed by atoms with Crippen molar-refractivity contribution in [1.29, 1.82) is 0 Å². The molecule has 0 aliphatic carbocycles. The minimum atomic E-state index is 0.755. The maximum atomic E-state index is 5.92. The fourth-order valence-corrected chi connectivity index (χ4v) is 2.95. The standard InChI is InChI=1S/C20H14BrCl/c21-20-8-4-3-7-19(20)18-6-2-1-5-16(18)12-9-15-10-13-17(22)14-11-15/h1-14H/b12-9+. The third-order valence-corrected chi connectivity index (χ3v) is 4.39. The Kier molecular flexibility index (Phi) is 4.77. The molecule has 0 unspecified atom stereocenters. The van der Waals surface area contributed by atoms with E-state index in [0.29, 0.717) is 0 Å². The van der Waals surface area contributed by atoms with E-state index in [1.165, 1.54) is 16.7 Å². The summed E-state index contributed by atoms with van der Waals surface area (Å²) in [5.74, 6) is 0. The minimum absolute atomic E-state index is 0.755. The van der Waals surface area contributed by atoms with E-state index < -0.39 is 0 Å². The monoisotopic (exact) mass is 368 g/mol. The molecule has 3 aromatic carbocycles. The number of hydrogen-bond donors (Lipinski definition) is 0. The molecule has 0 bridgehead atoms. The van der Waals surface area contributed by atoms with Gasteiger partial charge in [0.05, 0.1) is 0 Å². The van der Waals surface area contributed by atoms with Crippen LogP contribution in [-0.2, 0) is 0 Å². The maximum Gasteiger partial charge on any atom is 0.0406 e. The number of benzene rings is 3. The van der Waals surface area contributed by atoms with E-state index in [1.54, 1.807) is 0 Å². The third kappa shape index (κ3) is 3.49. The van der Waals surface area contributed by atoms with Crippen LogP contribution in [0.25, 0.3) is 23.3 Å². The predicted molar refractivity (Wildman–Crippen MR) is 100.0 cm³/mol. The Bertz CT molecular complexity index is 804. The highest BCUT2D eigenvalue weighted by Gasteiger charge is 2.05. The number of hydrogen-bond acceptors (Lipinski definition) is 0. The molecular weight excluding hydrogens is 356 g/mol. The molecule has 0 nitrogen and oxygen atoms in total. The molecule has 3 aromatic rings. The first-order valence-electron chi connectivity index (χ1n) is 7.01. The van der Waals surface area contributed by atoms with Crippen LogP contribution in [0.2, 0.25) is 5.02 Å². The first kappa shape index (κ1) is 15.1. The van der Waals surface area contributed by atoms with Gasteiger partial charge in [0.2, 0.25) is 0 Å². The summed E-state index contributed by atoms with van der Waals surface area (Å²) in [7, 11) is 0. The molecule has 0 aliphatic heterocycles. The van der Waals surface area contributed by atoms with E-state index in [-0.39, 0.29) is 0 Å². The Balaban J connectivity index is 1.98. The van der Waals surface area contributed by atoms with Crippen molar-refractivity contribution in [3.63, 3.8) is 0 Å². The van der Waals surface area contributed by atoms with E-state index in [1.807, 2.05) is 30.3 Å². The molecule has 108 valence electrons. The third-order valence-electron chi connectivity index (χ3n) is 3.45. The van der Waals surface area contributed by atoms with Gasteiger partial charge in [-0.15, -0.1) is 0 Å². The van der Waals surface area contributed by atoms with Crippen molar-refractivity contribution in [3.8, 4) is 11.1 Å². The average molecular weight is 370 g/mol. The van der Waals surface area contributed by atoms with Crippen LogP contribution in [0.3, 0.4) is 0 Å². The summed E-state index contributed by atoms with van der Waals surface area (Å²) in [5, 5.41) is 0.755. The van der Waals surface area contributed by atoms with E-state index in [4.69, 9.17) is 11.6 Å². The molecule has 0 aromatic heterocycles. The fraction of sp³-hybridized carbons (Fsp3) is 0. The average Bonchev–Trinajstić information content (AvgIpc) is 2.55. The van der Waals surface area contributed by atoms with Gasteiger partial charge in [-0.2, -0.15) is 0 Å². The van der Waals surface area contributed by atoms with Gasteiger partial charge in [0.15, 0.2) is 0 Å². The molecule has 0 spiro atoms. The molecule has 0 aliphatic rings. The Morgan fingerprint density at radius 1 is 0.682 bits per heavy atom. The lowest BCUT2D eigenvalue weighted by Crippen LogP contribution is -1.84. The van der Waals surface area contributed by atoms with Gasteiger partial charge < -0.3 is 0 Å². The molecule has 22 heavy (non-hydrogen) atoms. The van der Waals surface area contributed by atoms with Gasteiger partial charge >= 0.3 is 0 Å². The van der Waals surface area contributed by atoms with Gasteiger partial charge in [0.1, 0.15) is 0 Å². The predicted octanol–water partition coefficient (Wildman–Crippen LogP) is 6.94. The van der Waals surface area contributed by atoms with Gasteiger partial charge in [-0.3, -0.25) is 0 Å². The van der Waals surface area contributed by atoms with Crippen molar-refractivity contribution in [2.45, 2.75) is 0 Å². The molecule has 0 saturated heterocycles. The summed E-state index contributed by atoms with van der Waals surface area (Å²) in [4.78, 5) is 0. The molecule has 0 amide bonds. The quantitative estimate of drug-likeness (QED) is 0.439. The highest BCUT2D eigenvalue weighted by molar-refractivity contribution is 9.10. The summed E-state index contributed by atoms with van der Waals surface area (Å²) in [6, 6.07) is 24.5. The summed E-state index contributed by atoms with van der Waals surface area (Å²) >= 11 is 9.55. The Hall–Kier alpha value is -1.83. The first-order chi connectivity index (χ1) is 10.7. The highest BCUT2D eigenvalue weighted by Crippen LogP contribution is 2.31. The zero-order valence-electron chi connectivity index (χ0n) is 11.8. The highest BCUT2D eigenvalue weighted by atomic mass is 79.9. The van der Waals surface area contributed by atoms with Crippen LogP contribution in [-0.4, -0.2) is 0 Å². The lowest BCUT2D eigenvalue weighted by atomic mass is 9.99. The molecule has 0 heterocycles. The summed E-state index contributed by atoms with van der Waals surface area (Å²) in [6.07, 6.45) is 4.24. The van der Waals surface area contributed by atoms with Crippen molar-refractivity contribution in [2.24, 2.45) is 0 Å². The van der Waals surface area contributed by atoms with Crippen LogP contribution in [0.5, 0.6) is 0 Å². The van der Waals surface area contributed by atoms with Crippen LogP contribution in [0.15, 0.2) is 77.3 Å². The Morgan fingerprint density at radius 2 is 1.32 bits per heavy atom. The summed E-state index contributed by atoms with van der Waals surface area (Å²) in [6.45, 7) is 0. The van der Waals surface area contributed by atoms with Crippen molar-refractivity contribution in [2.75, 3.05) is 0 Å². The second-order valence-corrected chi connectivity index (χ2v) is 6.24. The topological polar surface area (TPSA) is 0 Å². The second-order valence-electron chi connectivity index (χ2n) is 4.95. The van der Waals surface area contributed by atoms with E-state index >= 15 is 0 Å². The lowest BCUT2D eigenvalue weighted by Gasteiger charge is -2.08. The number of rotatable bonds is 3. The number of halogens is 2. The van der Waals surface area contributed by atoms with Crippen LogP contribution >= 0.6 is 27.5 Å². The van der Waals surface area contributed by atoms with Crippen molar-refractivity contribution in [1.82, 2.24) is 0 Å². The molecular formula is C20H14BrCl. The fourth-order valence-electron chi connectivity index (χ4n) is 2.33. The molecule has 0 atom stereocenters. The summed E-state index contributed by atoms with van der Waals surface area (Å²) < 4.78 is 1.10. The minimum Gasteiger partial charge on any atom is -0.0843 e. The van der Waals surface area contributed by atoms with Crippen LogP contribution < -0.4 is 0 Å². The van der Waals surface area contributed by atoms with Gasteiger partial charge in [-0.05, 0) is 40.5 Å². The normalized spacial score (nSPS) is 11.0. The van der Waals surface area contributed by atoms with Gasteiger partial charge in [0.25, 0.3) is 0 Å². The van der Waals surface area contributed by atoms with Crippen molar-refractivity contribution < 1.29 is 0 Å². The maximum absolute atomic E-state index is 5.92. The van der Waals surface area contributed by atoms with Crippen LogP contribution in [0, 0.1) is 0 Å². The SMILES string of the molecule is Clc1ccc(/C=C/c2ccccc2-c2ccccc2Br)cc1. The summed E-state index contributed by atoms with van der Waals surface area (Å²) in [5.41, 5.74) is 4.72. The first-order valence-corrected chi connectivity index (χ1v) is 8.19. The second kappa shape index (κ2) is 6.95.